The number of amides is 1. The van der Waals surface area contributed by atoms with Crippen molar-refractivity contribution in [3.05, 3.63) is 17.8 Å². The zero-order valence-corrected chi connectivity index (χ0v) is 10.7. The van der Waals surface area contributed by atoms with E-state index in [0.29, 0.717) is 18.2 Å². The quantitative estimate of drug-likeness (QED) is 0.841. The van der Waals surface area contributed by atoms with Gasteiger partial charge in [0.1, 0.15) is 5.82 Å². The molecule has 0 spiro atoms. The predicted molar refractivity (Wildman–Crippen MR) is 67.6 cm³/mol. The molecule has 0 saturated carbocycles. The average Bonchev–Trinajstić information content (AvgIpc) is 2.60. The smallest absolute Gasteiger partial charge is 0.227 e. The Kier molecular flexibility index (Phi) is 3.14. The van der Waals surface area contributed by atoms with Gasteiger partial charge in [0.15, 0.2) is 0 Å². The fourth-order valence-corrected chi connectivity index (χ4v) is 2.35. The van der Waals surface area contributed by atoms with E-state index in [2.05, 4.69) is 20.9 Å². The van der Waals surface area contributed by atoms with Crippen LogP contribution in [0.1, 0.15) is 12.1 Å². The molecule has 2 N–H and O–H groups in total. The minimum Gasteiger partial charge on any atom is -0.382 e. The number of aryl methyl sites for hydroxylation is 1. The van der Waals surface area contributed by atoms with Gasteiger partial charge in [-0.25, -0.2) is 4.98 Å². The molecule has 0 bridgehead atoms. The van der Waals surface area contributed by atoms with E-state index in [4.69, 9.17) is 5.73 Å². The summed E-state index contributed by atoms with van der Waals surface area (Å²) in [7, 11) is 0. The van der Waals surface area contributed by atoms with Crippen molar-refractivity contribution in [2.45, 2.75) is 13.3 Å². The third kappa shape index (κ3) is 2.04. The first-order valence-corrected chi connectivity index (χ1v) is 6.33. The van der Waals surface area contributed by atoms with Gasteiger partial charge in [0.2, 0.25) is 5.91 Å². The summed E-state index contributed by atoms with van der Waals surface area (Å²) in [4.78, 5) is 17.7. The number of alkyl halides is 1. The number of hydrogen-bond donors (Lipinski definition) is 1. The van der Waals surface area contributed by atoms with E-state index in [1.807, 2.05) is 19.1 Å². The topological polar surface area (TPSA) is 59.2 Å². The molecule has 1 atom stereocenters. The minimum absolute atomic E-state index is 0.127. The maximum absolute atomic E-state index is 11.8. The number of halogens is 1. The molecule has 5 heteroatoms. The van der Waals surface area contributed by atoms with Gasteiger partial charge in [-0.2, -0.15) is 0 Å². The third-order valence-corrected chi connectivity index (χ3v) is 3.67. The largest absolute Gasteiger partial charge is 0.382 e. The van der Waals surface area contributed by atoms with Crippen molar-refractivity contribution >= 4 is 33.3 Å². The minimum atomic E-state index is 0.127. The number of pyridine rings is 1. The number of carbonyl (C=O) groups excluding carboxylic acids is 1. The van der Waals surface area contributed by atoms with E-state index in [9.17, 15) is 4.79 Å². The Morgan fingerprint density at radius 2 is 2.38 bits per heavy atom. The van der Waals surface area contributed by atoms with E-state index >= 15 is 0 Å². The molecular weight excluding hydrogens is 270 g/mol. The van der Waals surface area contributed by atoms with Crippen LogP contribution in [0.5, 0.6) is 0 Å². The van der Waals surface area contributed by atoms with Crippen LogP contribution in [-0.2, 0) is 4.79 Å². The van der Waals surface area contributed by atoms with Crippen LogP contribution in [0.15, 0.2) is 12.1 Å². The van der Waals surface area contributed by atoms with Gasteiger partial charge >= 0.3 is 0 Å². The van der Waals surface area contributed by atoms with E-state index in [1.54, 1.807) is 4.90 Å². The number of rotatable bonds is 2. The summed E-state index contributed by atoms with van der Waals surface area (Å²) >= 11 is 3.41. The highest BCUT2D eigenvalue weighted by atomic mass is 79.9. The van der Waals surface area contributed by atoms with Crippen molar-refractivity contribution in [3.63, 3.8) is 0 Å². The van der Waals surface area contributed by atoms with Crippen molar-refractivity contribution < 1.29 is 4.79 Å². The van der Waals surface area contributed by atoms with E-state index in [-0.39, 0.29) is 5.91 Å². The number of nitrogens with two attached hydrogens (primary N) is 1. The first-order chi connectivity index (χ1) is 7.61. The van der Waals surface area contributed by atoms with Crippen LogP contribution in [0, 0.1) is 12.8 Å². The molecule has 1 unspecified atom stereocenters. The van der Waals surface area contributed by atoms with E-state index in [0.717, 1.165) is 23.3 Å². The fourth-order valence-electron chi connectivity index (χ4n) is 1.92. The molecule has 86 valence electrons. The Balaban J connectivity index is 2.28. The van der Waals surface area contributed by atoms with Crippen molar-refractivity contribution in [1.82, 2.24) is 4.98 Å². The van der Waals surface area contributed by atoms with Crippen LogP contribution in [0.4, 0.5) is 11.5 Å². The maximum Gasteiger partial charge on any atom is 0.227 e. The fraction of sp³-hybridized carbons (Fsp3) is 0.455. The summed E-state index contributed by atoms with van der Waals surface area (Å²) in [5, 5.41) is 0.842. The number of nitrogen functional groups attached to an aromatic ring is 1. The molecule has 0 aromatic carbocycles. The molecule has 2 heterocycles. The lowest BCUT2D eigenvalue weighted by Crippen LogP contribution is -2.26. The number of aromatic nitrogens is 1. The second-order valence-corrected chi connectivity index (χ2v) is 4.73. The number of nitrogens with zero attached hydrogens (tertiary/aromatic N) is 2. The van der Waals surface area contributed by atoms with Crippen LogP contribution in [0.3, 0.4) is 0 Å². The normalized spacial score (nSPS) is 20.5. The molecule has 1 aliphatic heterocycles. The van der Waals surface area contributed by atoms with Gasteiger partial charge in [0.05, 0.1) is 5.69 Å². The zero-order chi connectivity index (χ0) is 11.7. The Morgan fingerprint density at radius 3 is 2.94 bits per heavy atom. The summed E-state index contributed by atoms with van der Waals surface area (Å²) in [5.41, 5.74) is 7.43. The lowest BCUT2D eigenvalue weighted by Gasteiger charge is -2.18. The Hall–Kier alpha value is -1.10. The molecule has 1 aromatic heterocycles. The Bertz CT molecular complexity index is 422. The van der Waals surface area contributed by atoms with Gasteiger partial charge in [-0.15, -0.1) is 0 Å². The van der Waals surface area contributed by atoms with Crippen molar-refractivity contribution in [3.8, 4) is 0 Å². The number of hydrogen-bond acceptors (Lipinski definition) is 3. The van der Waals surface area contributed by atoms with Crippen molar-refractivity contribution in [2.75, 3.05) is 22.5 Å². The second-order valence-electron chi connectivity index (χ2n) is 4.09. The number of carbonyl (C=O) groups is 1. The van der Waals surface area contributed by atoms with Crippen LogP contribution in [0.2, 0.25) is 0 Å². The summed E-state index contributed by atoms with van der Waals surface area (Å²) in [6.07, 6.45) is 0.582. The zero-order valence-electron chi connectivity index (χ0n) is 9.11. The summed E-state index contributed by atoms with van der Waals surface area (Å²) < 4.78 is 0. The lowest BCUT2D eigenvalue weighted by atomic mass is 10.2. The first kappa shape index (κ1) is 11.4. The van der Waals surface area contributed by atoms with Crippen molar-refractivity contribution in [2.24, 2.45) is 5.92 Å². The van der Waals surface area contributed by atoms with Crippen LogP contribution in [-0.4, -0.2) is 22.8 Å². The molecular formula is C11H14BrN3O. The van der Waals surface area contributed by atoms with Gasteiger partial charge < -0.3 is 10.6 Å². The summed E-state index contributed by atoms with van der Waals surface area (Å²) in [5.74, 6) is 0.929. The standard InChI is InChI=1S/C11H14BrN3O/c1-7-2-3-9(11(13)14-7)15-6-8(5-12)4-10(15)16/h2-3,8H,4-6H2,1H3,(H2,13,14). The van der Waals surface area contributed by atoms with Crippen molar-refractivity contribution in [1.29, 1.82) is 0 Å². The predicted octanol–water partition coefficient (Wildman–Crippen LogP) is 1.72. The Labute approximate surface area is 103 Å². The molecule has 2 rings (SSSR count). The summed E-state index contributed by atoms with van der Waals surface area (Å²) in [6, 6.07) is 3.74. The van der Waals surface area contributed by atoms with Gasteiger partial charge in [0, 0.05) is 24.0 Å². The molecule has 1 fully saturated rings. The van der Waals surface area contributed by atoms with Gasteiger partial charge in [-0.05, 0) is 25.0 Å². The lowest BCUT2D eigenvalue weighted by molar-refractivity contribution is -0.117. The molecule has 4 nitrogen and oxygen atoms in total. The van der Waals surface area contributed by atoms with E-state index < -0.39 is 0 Å². The maximum atomic E-state index is 11.8. The molecule has 0 radical (unpaired) electrons. The highest BCUT2D eigenvalue weighted by Crippen LogP contribution is 2.29. The first-order valence-electron chi connectivity index (χ1n) is 5.21. The number of anilines is 2. The summed E-state index contributed by atoms with van der Waals surface area (Å²) in [6.45, 7) is 2.60. The van der Waals surface area contributed by atoms with Gasteiger partial charge in [-0.3, -0.25) is 4.79 Å². The van der Waals surface area contributed by atoms with Crippen LogP contribution in [0.25, 0.3) is 0 Å². The highest BCUT2D eigenvalue weighted by molar-refractivity contribution is 9.09. The monoisotopic (exact) mass is 283 g/mol. The Morgan fingerprint density at radius 1 is 1.62 bits per heavy atom. The molecule has 1 amide bonds. The SMILES string of the molecule is Cc1ccc(N2CC(CBr)CC2=O)c(N)n1. The molecule has 0 aliphatic carbocycles. The molecule has 1 aliphatic rings. The average molecular weight is 284 g/mol. The molecule has 1 saturated heterocycles. The van der Waals surface area contributed by atoms with Gasteiger partial charge in [0.25, 0.3) is 0 Å². The molecule has 1 aromatic rings. The highest BCUT2D eigenvalue weighted by Gasteiger charge is 2.30. The third-order valence-electron chi connectivity index (χ3n) is 2.76. The van der Waals surface area contributed by atoms with Crippen LogP contribution < -0.4 is 10.6 Å². The van der Waals surface area contributed by atoms with Gasteiger partial charge in [-0.1, -0.05) is 15.9 Å². The van der Waals surface area contributed by atoms with Crippen LogP contribution >= 0.6 is 15.9 Å². The molecule has 16 heavy (non-hydrogen) atoms. The second kappa shape index (κ2) is 4.41. The van der Waals surface area contributed by atoms with E-state index in [1.165, 1.54) is 0 Å².